The number of rotatable bonds is 4. The molecule has 1 fully saturated rings. The Kier molecular flexibility index (Phi) is 5.83. The molecule has 2 amide bonds. The number of anilines is 2. The highest BCUT2D eigenvalue weighted by molar-refractivity contribution is 7.10. The number of amides is 2. The molecule has 25 heavy (non-hydrogen) atoms. The van der Waals surface area contributed by atoms with Gasteiger partial charge in [0.2, 0.25) is 0 Å². The van der Waals surface area contributed by atoms with Gasteiger partial charge in [0.05, 0.1) is 30.0 Å². The number of urea groups is 1. The summed E-state index contributed by atoms with van der Waals surface area (Å²) in [5, 5.41) is 5.48. The summed E-state index contributed by atoms with van der Waals surface area (Å²) >= 11 is 7.93. The van der Waals surface area contributed by atoms with Crippen LogP contribution in [0.3, 0.4) is 0 Å². The highest BCUT2D eigenvalue weighted by atomic mass is 35.5. The Morgan fingerprint density at radius 3 is 2.80 bits per heavy atom. The molecule has 1 aliphatic heterocycles. The van der Waals surface area contributed by atoms with E-state index in [4.69, 9.17) is 16.3 Å². The third kappa shape index (κ3) is 4.26. The molecule has 1 atom stereocenters. The molecule has 3 rings (SSSR count). The number of halogens is 1. The molecule has 1 saturated heterocycles. The van der Waals surface area contributed by atoms with Crippen LogP contribution in [0.4, 0.5) is 16.2 Å². The largest absolute Gasteiger partial charge is 0.378 e. The SMILES string of the molecule is C[C@H](c1cccs1)N(C)C(=O)Nc1cc(N2CCOCC2)ccc1Cl. The number of nitrogens with zero attached hydrogens (tertiary/aromatic N) is 2. The number of ether oxygens (including phenoxy) is 1. The first-order chi connectivity index (χ1) is 12.1. The van der Waals surface area contributed by atoms with Crippen LogP contribution in [0, 0.1) is 0 Å². The molecule has 0 radical (unpaired) electrons. The molecular formula is C18H22ClN3O2S. The first-order valence-corrected chi connectivity index (χ1v) is 9.51. The van der Waals surface area contributed by atoms with E-state index in [0.717, 1.165) is 23.7 Å². The zero-order valence-corrected chi connectivity index (χ0v) is 15.9. The van der Waals surface area contributed by atoms with E-state index in [0.29, 0.717) is 23.9 Å². The van der Waals surface area contributed by atoms with Gasteiger partial charge in [0, 0.05) is 30.7 Å². The molecule has 1 aromatic carbocycles. The third-order valence-electron chi connectivity index (χ3n) is 4.42. The predicted octanol–water partition coefficient (Wildman–Crippen LogP) is 4.46. The van der Waals surface area contributed by atoms with Crippen molar-refractivity contribution >= 4 is 40.3 Å². The van der Waals surface area contributed by atoms with E-state index < -0.39 is 0 Å². The zero-order chi connectivity index (χ0) is 17.8. The molecule has 134 valence electrons. The van der Waals surface area contributed by atoms with Crippen LogP contribution in [-0.4, -0.2) is 44.3 Å². The quantitative estimate of drug-likeness (QED) is 0.852. The fourth-order valence-corrected chi connectivity index (χ4v) is 3.72. The minimum Gasteiger partial charge on any atom is -0.378 e. The molecule has 2 heterocycles. The van der Waals surface area contributed by atoms with Crippen LogP contribution in [0.1, 0.15) is 17.8 Å². The van der Waals surface area contributed by atoms with Crippen molar-refractivity contribution in [3.8, 4) is 0 Å². The Morgan fingerprint density at radius 1 is 1.36 bits per heavy atom. The summed E-state index contributed by atoms with van der Waals surface area (Å²) in [6.45, 7) is 5.11. The van der Waals surface area contributed by atoms with Gasteiger partial charge < -0.3 is 19.9 Å². The van der Waals surface area contributed by atoms with Gasteiger partial charge >= 0.3 is 6.03 Å². The normalized spacial score (nSPS) is 15.7. The van der Waals surface area contributed by atoms with Crippen LogP contribution >= 0.6 is 22.9 Å². The van der Waals surface area contributed by atoms with Crippen molar-refractivity contribution < 1.29 is 9.53 Å². The van der Waals surface area contributed by atoms with Gasteiger partial charge in [0.1, 0.15) is 0 Å². The maximum absolute atomic E-state index is 12.6. The standard InChI is InChI=1S/C18H22ClN3O2S/c1-13(17-4-3-11-25-17)21(2)18(23)20-16-12-14(5-6-15(16)19)22-7-9-24-10-8-22/h3-6,11-13H,7-10H2,1-2H3,(H,20,23)/t13-/m1/s1. The number of benzene rings is 1. The van der Waals surface area contributed by atoms with E-state index in [9.17, 15) is 4.79 Å². The lowest BCUT2D eigenvalue weighted by atomic mass is 10.2. The highest BCUT2D eigenvalue weighted by Gasteiger charge is 2.20. The van der Waals surface area contributed by atoms with Gasteiger partial charge in [-0.05, 0) is 36.6 Å². The van der Waals surface area contributed by atoms with Crippen LogP contribution < -0.4 is 10.2 Å². The number of thiophene rings is 1. The average molecular weight is 380 g/mol. The summed E-state index contributed by atoms with van der Waals surface area (Å²) in [7, 11) is 1.79. The first-order valence-electron chi connectivity index (χ1n) is 8.25. The summed E-state index contributed by atoms with van der Waals surface area (Å²) in [6.07, 6.45) is 0. The van der Waals surface area contributed by atoms with Crippen LogP contribution in [0.25, 0.3) is 0 Å². The van der Waals surface area contributed by atoms with Crippen molar-refractivity contribution in [3.05, 3.63) is 45.6 Å². The van der Waals surface area contributed by atoms with Gasteiger partial charge in [0.15, 0.2) is 0 Å². The van der Waals surface area contributed by atoms with Crippen molar-refractivity contribution in [3.63, 3.8) is 0 Å². The summed E-state index contributed by atoms with van der Waals surface area (Å²) in [6, 6.07) is 9.57. The molecule has 2 aromatic rings. The second kappa shape index (κ2) is 8.08. The lowest BCUT2D eigenvalue weighted by molar-refractivity contribution is 0.122. The monoisotopic (exact) mass is 379 g/mol. The number of morpholine rings is 1. The molecule has 5 nitrogen and oxygen atoms in total. The van der Waals surface area contributed by atoms with Gasteiger partial charge in [-0.3, -0.25) is 0 Å². The Morgan fingerprint density at radius 2 is 2.12 bits per heavy atom. The molecule has 0 saturated carbocycles. The summed E-state index contributed by atoms with van der Waals surface area (Å²) in [5.41, 5.74) is 1.66. The predicted molar refractivity (Wildman–Crippen MR) is 104 cm³/mol. The number of nitrogens with one attached hydrogen (secondary N) is 1. The van der Waals surface area contributed by atoms with Crippen LogP contribution in [0.2, 0.25) is 5.02 Å². The molecule has 0 spiro atoms. The Balaban J connectivity index is 1.71. The van der Waals surface area contributed by atoms with E-state index in [-0.39, 0.29) is 12.1 Å². The summed E-state index contributed by atoms with van der Waals surface area (Å²) in [5.74, 6) is 0. The minimum atomic E-state index is -0.179. The van der Waals surface area contributed by atoms with Crippen LogP contribution in [-0.2, 0) is 4.74 Å². The Labute approximate surface area is 157 Å². The van der Waals surface area contributed by atoms with Crippen molar-refractivity contribution in [2.75, 3.05) is 43.6 Å². The average Bonchev–Trinajstić information content (AvgIpc) is 3.17. The van der Waals surface area contributed by atoms with Crippen LogP contribution in [0.5, 0.6) is 0 Å². The maximum Gasteiger partial charge on any atom is 0.322 e. The van der Waals surface area contributed by atoms with E-state index in [1.54, 1.807) is 23.3 Å². The molecule has 0 bridgehead atoms. The molecule has 1 N–H and O–H groups in total. The molecule has 7 heteroatoms. The molecule has 0 aliphatic carbocycles. The van der Waals surface area contributed by atoms with Gasteiger partial charge in [-0.25, -0.2) is 4.79 Å². The van der Waals surface area contributed by atoms with E-state index in [2.05, 4.69) is 10.2 Å². The number of hydrogen-bond acceptors (Lipinski definition) is 4. The van der Waals surface area contributed by atoms with E-state index in [1.807, 2.05) is 42.6 Å². The fraction of sp³-hybridized carbons (Fsp3) is 0.389. The van der Waals surface area contributed by atoms with Crippen molar-refractivity contribution in [1.29, 1.82) is 0 Å². The first kappa shape index (κ1) is 18.0. The van der Waals surface area contributed by atoms with Gasteiger partial charge in [0.25, 0.3) is 0 Å². The summed E-state index contributed by atoms with van der Waals surface area (Å²) < 4.78 is 5.39. The smallest absolute Gasteiger partial charge is 0.322 e. The highest BCUT2D eigenvalue weighted by Crippen LogP contribution is 2.29. The van der Waals surface area contributed by atoms with Crippen molar-refractivity contribution in [1.82, 2.24) is 4.90 Å². The van der Waals surface area contributed by atoms with Gasteiger partial charge in [-0.1, -0.05) is 17.7 Å². The second-order valence-corrected chi connectivity index (χ2v) is 7.38. The van der Waals surface area contributed by atoms with Crippen molar-refractivity contribution in [2.24, 2.45) is 0 Å². The Hall–Kier alpha value is -1.76. The molecule has 1 aromatic heterocycles. The Bertz CT molecular complexity index is 717. The lowest BCUT2D eigenvalue weighted by Gasteiger charge is -2.29. The van der Waals surface area contributed by atoms with Crippen molar-refractivity contribution in [2.45, 2.75) is 13.0 Å². The van der Waals surface area contributed by atoms with Gasteiger partial charge in [-0.2, -0.15) is 0 Å². The maximum atomic E-state index is 12.6. The van der Waals surface area contributed by atoms with E-state index in [1.165, 1.54) is 0 Å². The topological polar surface area (TPSA) is 44.8 Å². The minimum absolute atomic E-state index is 0.00111. The molecule has 0 unspecified atom stereocenters. The number of carbonyl (C=O) groups is 1. The van der Waals surface area contributed by atoms with Crippen LogP contribution in [0.15, 0.2) is 35.7 Å². The third-order valence-corrected chi connectivity index (χ3v) is 5.80. The molecule has 1 aliphatic rings. The summed E-state index contributed by atoms with van der Waals surface area (Å²) in [4.78, 5) is 17.7. The zero-order valence-electron chi connectivity index (χ0n) is 14.4. The fourth-order valence-electron chi connectivity index (χ4n) is 2.73. The molecular weight excluding hydrogens is 358 g/mol. The second-order valence-electron chi connectivity index (χ2n) is 6.00. The number of hydrogen-bond donors (Lipinski definition) is 1. The number of carbonyl (C=O) groups excluding carboxylic acids is 1. The van der Waals surface area contributed by atoms with E-state index >= 15 is 0 Å². The van der Waals surface area contributed by atoms with Gasteiger partial charge in [-0.15, -0.1) is 11.3 Å². The lowest BCUT2D eigenvalue weighted by Crippen LogP contribution is -2.36.